The van der Waals surface area contributed by atoms with Crippen molar-refractivity contribution >= 4 is 60.8 Å². The molecule has 0 aliphatic carbocycles. The van der Waals surface area contributed by atoms with E-state index in [1.807, 2.05) is 18.2 Å². The van der Waals surface area contributed by atoms with Gasteiger partial charge < -0.3 is 4.74 Å². The van der Waals surface area contributed by atoms with Crippen molar-refractivity contribution in [2.45, 2.75) is 6.61 Å². The van der Waals surface area contributed by atoms with E-state index in [1.165, 1.54) is 12.1 Å². The number of hydrogen-bond donors (Lipinski definition) is 0. The second-order valence-corrected chi connectivity index (χ2v) is 8.35. The van der Waals surface area contributed by atoms with Gasteiger partial charge in [-0.2, -0.15) is 5.26 Å². The van der Waals surface area contributed by atoms with E-state index in [1.54, 1.807) is 36.4 Å². The lowest BCUT2D eigenvalue weighted by molar-refractivity contribution is -0.384. The smallest absolute Gasteiger partial charge is 0.269 e. The Balaban J connectivity index is 1.81. The second-order valence-electron chi connectivity index (χ2n) is 6.21. The Hall–Kier alpha value is -2.66. The first-order valence-corrected chi connectivity index (χ1v) is 10.6. The summed E-state index contributed by atoms with van der Waals surface area (Å²) in [4.78, 5) is 10.3. The molecule has 0 aromatic heterocycles. The van der Waals surface area contributed by atoms with E-state index >= 15 is 0 Å². The molecule has 0 heterocycles. The molecule has 5 nitrogen and oxygen atoms in total. The molecule has 0 radical (unpaired) electrons. The third kappa shape index (κ3) is 5.48. The van der Waals surface area contributed by atoms with Gasteiger partial charge in [-0.25, -0.2) is 0 Å². The summed E-state index contributed by atoms with van der Waals surface area (Å²) >= 11 is 13.0. The maximum atomic E-state index is 10.7. The maximum Gasteiger partial charge on any atom is 0.269 e. The van der Waals surface area contributed by atoms with Gasteiger partial charge in [-0.15, -0.1) is 0 Å². The largest absolute Gasteiger partial charge is 0.487 e. The molecular formula is C22H13Br2ClN2O3. The van der Waals surface area contributed by atoms with Gasteiger partial charge in [0.2, 0.25) is 0 Å². The molecule has 3 aromatic rings. The van der Waals surface area contributed by atoms with E-state index in [2.05, 4.69) is 37.9 Å². The summed E-state index contributed by atoms with van der Waals surface area (Å²) in [5.41, 5.74) is 2.85. The van der Waals surface area contributed by atoms with E-state index in [-0.39, 0.29) is 12.3 Å². The predicted molar refractivity (Wildman–Crippen MR) is 124 cm³/mol. The van der Waals surface area contributed by atoms with Gasteiger partial charge in [-0.3, -0.25) is 10.1 Å². The standard InChI is InChI=1S/C22H13Br2ClN2O3/c23-20-9-15(8-17(12-26)16-2-1-3-18(25)11-16)10-21(24)22(20)30-13-14-4-6-19(7-5-14)27(28)29/h1-11H,13H2/b17-8-. The van der Waals surface area contributed by atoms with Crippen molar-refractivity contribution < 1.29 is 9.66 Å². The molecule has 0 amide bonds. The number of halogens is 3. The number of ether oxygens (including phenoxy) is 1. The van der Waals surface area contributed by atoms with Crippen LogP contribution in [0.4, 0.5) is 5.69 Å². The lowest BCUT2D eigenvalue weighted by atomic mass is 10.0. The summed E-state index contributed by atoms with van der Waals surface area (Å²) in [5, 5.41) is 20.8. The summed E-state index contributed by atoms with van der Waals surface area (Å²) in [6.45, 7) is 0.246. The average molecular weight is 549 g/mol. The van der Waals surface area contributed by atoms with Crippen LogP contribution in [0, 0.1) is 21.4 Å². The summed E-state index contributed by atoms with van der Waals surface area (Å²) < 4.78 is 7.28. The highest BCUT2D eigenvalue weighted by molar-refractivity contribution is 9.11. The van der Waals surface area contributed by atoms with Gasteiger partial charge in [0.15, 0.2) is 0 Å². The van der Waals surface area contributed by atoms with Crippen molar-refractivity contribution in [2.75, 3.05) is 0 Å². The molecular weight excluding hydrogens is 536 g/mol. The van der Waals surface area contributed by atoms with Gasteiger partial charge >= 0.3 is 0 Å². The van der Waals surface area contributed by atoms with Crippen LogP contribution < -0.4 is 4.74 Å². The molecule has 0 fully saturated rings. The summed E-state index contributed by atoms with van der Waals surface area (Å²) in [6, 6.07) is 19.2. The predicted octanol–water partition coefficient (Wildman–Crippen LogP) is 7.42. The lowest BCUT2D eigenvalue weighted by Crippen LogP contribution is -1.98. The van der Waals surface area contributed by atoms with Crippen molar-refractivity contribution in [3.05, 3.63) is 101 Å². The molecule has 0 N–H and O–H groups in total. The summed E-state index contributed by atoms with van der Waals surface area (Å²) in [5.74, 6) is 0.590. The van der Waals surface area contributed by atoms with E-state index in [0.29, 0.717) is 25.3 Å². The normalized spacial score (nSPS) is 11.1. The van der Waals surface area contributed by atoms with Crippen molar-refractivity contribution in [3.63, 3.8) is 0 Å². The van der Waals surface area contributed by atoms with Crippen LogP contribution in [0.15, 0.2) is 69.6 Å². The Morgan fingerprint density at radius 3 is 2.37 bits per heavy atom. The fourth-order valence-electron chi connectivity index (χ4n) is 2.67. The molecule has 0 atom stereocenters. The van der Waals surface area contributed by atoms with Crippen LogP contribution in [0.1, 0.15) is 16.7 Å². The van der Waals surface area contributed by atoms with Crippen LogP contribution in [-0.2, 0) is 6.61 Å². The highest BCUT2D eigenvalue weighted by atomic mass is 79.9. The van der Waals surface area contributed by atoms with Crippen LogP contribution in [0.25, 0.3) is 11.6 Å². The first-order valence-electron chi connectivity index (χ1n) is 8.60. The van der Waals surface area contributed by atoms with Gasteiger partial charge in [0.1, 0.15) is 12.4 Å². The van der Waals surface area contributed by atoms with Crippen molar-refractivity contribution in [3.8, 4) is 11.8 Å². The number of rotatable bonds is 6. The monoisotopic (exact) mass is 546 g/mol. The van der Waals surface area contributed by atoms with Gasteiger partial charge in [0.25, 0.3) is 5.69 Å². The van der Waals surface area contributed by atoms with Crippen LogP contribution in [0.2, 0.25) is 5.02 Å². The molecule has 0 unspecified atom stereocenters. The first kappa shape index (κ1) is 22.0. The van der Waals surface area contributed by atoms with Gasteiger partial charge in [-0.05, 0) is 91.0 Å². The minimum atomic E-state index is -0.442. The number of nitriles is 1. The number of hydrogen-bond acceptors (Lipinski definition) is 4. The number of non-ortho nitro benzene ring substituents is 1. The molecule has 0 bridgehead atoms. The third-order valence-electron chi connectivity index (χ3n) is 4.12. The molecule has 8 heteroatoms. The number of nitro groups is 1. The molecule has 0 aliphatic rings. The van der Waals surface area contributed by atoms with E-state index in [0.717, 1.165) is 16.7 Å². The van der Waals surface area contributed by atoms with Gasteiger partial charge in [0.05, 0.1) is 25.5 Å². The molecule has 0 spiro atoms. The number of nitro benzene ring substituents is 1. The van der Waals surface area contributed by atoms with Gasteiger partial charge in [-0.1, -0.05) is 23.7 Å². The minimum Gasteiger partial charge on any atom is -0.487 e. The Bertz CT molecular complexity index is 1150. The minimum absolute atomic E-state index is 0.0326. The SMILES string of the molecule is N#C/C(=C/c1cc(Br)c(OCc2ccc([N+](=O)[O-])cc2)c(Br)c1)c1cccc(Cl)c1. The lowest BCUT2D eigenvalue weighted by Gasteiger charge is -2.12. The Morgan fingerprint density at radius 2 is 1.80 bits per heavy atom. The average Bonchev–Trinajstić information content (AvgIpc) is 2.71. The van der Waals surface area contributed by atoms with E-state index < -0.39 is 4.92 Å². The summed E-state index contributed by atoms with van der Waals surface area (Å²) in [7, 11) is 0. The van der Waals surface area contributed by atoms with Crippen molar-refractivity contribution in [1.82, 2.24) is 0 Å². The zero-order chi connectivity index (χ0) is 21.7. The van der Waals surface area contributed by atoms with Crippen LogP contribution in [-0.4, -0.2) is 4.92 Å². The zero-order valence-corrected chi connectivity index (χ0v) is 19.2. The fraction of sp³-hybridized carbons (Fsp3) is 0.0455. The molecule has 0 saturated carbocycles. The zero-order valence-electron chi connectivity index (χ0n) is 15.3. The van der Waals surface area contributed by atoms with Crippen LogP contribution in [0.3, 0.4) is 0 Å². The van der Waals surface area contributed by atoms with E-state index in [9.17, 15) is 15.4 Å². The quantitative estimate of drug-likeness (QED) is 0.139. The number of nitrogens with zero attached hydrogens (tertiary/aromatic N) is 2. The van der Waals surface area contributed by atoms with Crippen molar-refractivity contribution in [2.24, 2.45) is 0 Å². The topological polar surface area (TPSA) is 76.2 Å². The van der Waals surface area contributed by atoms with E-state index in [4.69, 9.17) is 16.3 Å². The molecule has 3 aromatic carbocycles. The molecule has 0 saturated heterocycles. The van der Waals surface area contributed by atoms with Crippen molar-refractivity contribution in [1.29, 1.82) is 5.26 Å². The Morgan fingerprint density at radius 1 is 1.13 bits per heavy atom. The Labute approximate surface area is 195 Å². The number of benzene rings is 3. The molecule has 3 rings (SSSR count). The maximum absolute atomic E-state index is 10.7. The Kier molecular flexibility index (Phi) is 7.27. The first-order chi connectivity index (χ1) is 14.4. The van der Waals surface area contributed by atoms with Crippen LogP contribution in [0.5, 0.6) is 5.75 Å². The molecule has 150 valence electrons. The van der Waals surface area contributed by atoms with Crippen LogP contribution >= 0.6 is 43.5 Å². The second kappa shape index (κ2) is 9.90. The van der Waals surface area contributed by atoms with Gasteiger partial charge in [0, 0.05) is 17.2 Å². The molecule has 0 aliphatic heterocycles. The summed E-state index contributed by atoms with van der Waals surface area (Å²) in [6.07, 6.45) is 1.77. The highest BCUT2D eigenvalue weighted by Gasteiger charge is 2.11. The fourth-order valence-corrected chi connectivity index (χ4v) is 4.31. The third-order valence-corrected chi connectivity index (χ3v) is 5.53. The number of allylic oxidation sites excluding steroid dienone is 1. The highest BCUT2D eigenvalue weighted by Crippen LogP contribution is 2.36. The molecule has 30 heavy (non-hydrogen) atoms.